The molecule has 3 rings (SSSR count). The SMILES string of the molecule is CC(C)(C)OC(=O)N1CC[C@H]2CN(C(=O)OCc3ccccc3)[C@@H]2C1. The van der Waals surface area contributed by atoms with Crippen molar-refractivity contribution in [3.63, 3.8) is 0 Å². The second-order valence-electron chi connectivity index (χ2n) is 7.74. The van der Waals surface area contributed by atoms with Crippen molar-refractivity contribution < 1.29 is 19.1 Å². The molecule has 2 atom stereocenters. The first-order chi connectivity index (χ1) is 11.8. The molecule has 0 N–H and O–H groups in total. The number of likely N-dealkylation sites (tertiary alicyclic amines) is 2. The second kappa shape index (κ2) is 6.94. The molecule has 0 aromatic heterocycles. The highest BCUT2D eigenvalue weighted by atomic mass is 16.6. The van der Waals surface area contributed by atoms with Gasteiger partial charge in [0.1, 0.15) is 12.2 Å². The van der Waals surface area contributed by atoms with E-state index in [1.165, 1.54) is 0 Å². The molecule has 1 aromatic carbocycles. The van der Waals surface area contributed by atoms with Crippen LogP contribution in [-0.4, -0.2) is 53.3 Å². The Morgan fingerprint density at radius 3 is 2.52 bits per heavy atom. The molecule has 0 aliphatic carbocycles. The smallest absolute Gasteiger partial charge is 0.410 e. The predicted octanol–water partition coefficient (Wildman–Crippen LogP) is 3.26. The maximum Gasteiger partial charge on any atom is 0.410 e. The van der Waals surface area contributed by atoms with Crippen molar-refractivity contribution in [1.29, 1.82) is 0 Å². The lowest BCUT2D eigenvalue weighted by atomic mass is 9.83. The van der Waals surface area contributed by atoms with E-state index in [1.54, 1.807) is 9.80 Å². The van der Waals surface area contributed by atoms with Gasteiger partial charge in [-0.1, -0.05) is 30.3 Å². The minimum atomic E-state index is -0.512. The highest BCUT2D eigenvalue weighted by Crippen LogP contribution is 2.33. The minimum Gasteiger partial charge on any atom is -0.445 e. The van der Waals surface area contributed by atoms with E-state index >= 15 is 0 Å². The number of ether oxygens (including phenoxy) is 2. The van der Waals surface area contributed by atoms with Gasteiger partial charge in [0, 0.05) is 25.6 Å². The van der Waals surface area contributed by atoms with Crippen molar-refractivity contribution >= 4 is 12.2 Å². The molecule has 136 valence electrons. The Balaban J connectivity index is 1.52. The van der Waals surface area contributed by atoms with Crippen molar-refractivity contribution in [2.24, 2.45) is 5.92 Å². The normalized spacial score (nSPS) is 22.7. The fourth-order valence-corrected chi connectivity index (χ4v) is 3.30. The number of rotatable bonds is 2. The summed E-state index contributed by atoms with van der Waals surface area (Å²) in [4.78, 5) is 28.0. The third-order valence-electron chi connectivity index (χ3n) is 4.64. The molecule has 1 aromatic rings. The third kappa shape index (κ3) is 4.24. The summed E-state index contributed by atoms with van der Waals surface area (Å²) >= 11 is 0. The number of amides is 2. The summed E-state index contributed by atoms with van der Waals surface area (Å²) in [6.07, 6.45) is 0.276. The van der Waals surface area contributed by atoms with Gasteiger partial charge in [0.25, 0.3) is 0 Å². The van der Waals surface area contributed by atoms with Gasteiger partial charge in [0.05, 0.1) is 6.04 Å². The van der Waals surface area contributed by atoms with Gasteiger partial charge in [-0.25, -0.2) is 9.59 Å². The summed E-state index contributed by atoms with van der Waals surface area (Å²) < 4.78 is 10.8. The van der Waals surface area contributed by atoms with Crippen LogP contribution in [0.15, 0.2) is 30.3 Å². The van der Waals surface area contributed by atoms with Crippen LogP contribution < -0.4 is 0 Å². The van der Waals surface area contributed by atoms with Gasteiger partial charge in [-0.05, 0) is 32.8 Å². The lowest BCUT2D eigenvalue weighted by Crippen LogP contribution is -2.66. The Morgan fingerprint density at radius 2 is 1.84 bits per heavy atom. The third-order valence-corrected chi connectivity index (χ3v) is 4.64. The lowest BCUT2D eigenvalue weighted by molar-refractivity contribution is -0.0477. The minimum absolute atomic E-state index is 0.0320. The molecule has 0 unspecified atom stereocenters. The first-order valence-electron chi connectivity index (χ1n) is 8.79. The average molecular weight is 346 g/mol. The molecular formula is C19H26N2O4. The maximum atomic E-state index is 12.3. The fraction of sp³-hybridized carbons (Fsp3) is 0.579. The Kier molecular flexibility index (Phi) is 4.88. The zero-order valence-electron chi connectivity index (χ0n) is 15.1. The van der Waals surface area contributed by atoms with Gasteiger partial charge in [0.15, 0.2) is 0 Å². The highest BCUT2D eigenvalue weighted by Gasteiger charge is 2.47. The number of nitrogens with zero attached hydrogens (tertiary/aromatic N) is 2. The Hall–Kier alpha value is -2.24. The van der Waals surface area contributed by atoms with Crippen molar-refractivity contribution in [3.05, 3.63) is 35.9 Å². The van der Waals surface area contributed by atoms with Gasteiger partial charge >= 0.3 is 12.2 Å². The van der Waals surface area contributed by atoms with Gasteiger partial charge < -0.3 is 19.3 Å². The molecule has 2 aliphatic rings. The zero-order valence-corrected chi connectivity index (χ0v) is 15.1. The van der Waals surface area contributed by atoms with Crippen LogP contribution >= 0.6 is 0 Å². The topological polar surface area (TPSA) is 59.1 Å². The summed E-state index contributed by atoms with van der Waals surface area (Å²) in [5.41, 5.74) is 0.453. The van der Waals surface area contributed by atoms with Crippen LogP contribution in [0.1, 0.15) is 32.8 Å². The summed E-state index contributed by atoms with van der Waals surface area (Å²) in [6.45, 7) is 7.74. The summed E-state index contributed by atoms with van der Waals surface area (Å²) in [5, 5.41) is 0. The Labute approximate surface area is 148 Å². The van der Waals surface area contributed by atoms with Gasteiger partial charge in [-0.3, -0.25) is 0 Å². The van der Waals surface area contributed by atoms with E-state index in [1.807, 2.05) is 51.1 Å². The Bertz CT molecular complexity index is 626. The van der Waals surface area contributed by atoms with Crippen molar-refractivity contribution in [1.82, 2.24) is 9.80 Å². The summed E-state index contributed by atoms with van der Waals surface area (Å²) in [5.74, 6) is 0.447. The quantitative estimate of drug-likeness (QED) is 0.825. The molecule has 0 radical (unpaired) electrons. The molecule has 0 spiro atoms. The van der Waals surface area contributed by atoms with E-state index in [0.717, 1.165) is 12.0 Å². The van der Waals surface area contributed by atoms with E-state index in [-0.39, 0.29) is 24.8 Å². The van der Waals surface area contributed by atoms with E-state index in [0.29, 0.717) is 25.6 Å². The number of carbonyl (C=O) groups excluding carboxylic acids is 2. The molecule has 6 heteroatoms. The number of fused-ring (bicyclic) bond motifs is 1. The van der Waals surface area contributed by atoms with Crippen LogP contribution in [0.5, 0.6) is 0 Å². The first-order valence-corrected chi connectivity index (χ1v) is 8.79. The number of hydrogen-bond acceptors (Lipinski definition) is 4. The molecule has 25 heavy (non-hydrogen) atoms. The standard InChI is InChI=1S/C19H26N2O4/c1-19(2,3)25-17(22)20-10-9-15-11-21(16(15)12-20)18(23)24-13-14-7-5-4-6-8-14/h4-8,15-16H,9-13H2,1-3H3/t15-,16+/m0/s1. The maximum absolute atomic E-state index is 12.3. The fourth-order valence-electron chi connectivity index (χ4n) is 3.30. The zero-order chi connectivity index (χ0) is 18.0. The summed E-state index contributed by atoms with van der Waals surface area (Å²) in [6, 6.07) is 9.66. The number of carbonyl (C=O) groups is 2. The van der Waals surface area contributed by atoms with E-state index in [4.69, 9.17) is 9.47 Å². The number of piperidine rings is 1. The van der Waals surface area contributed by atoms with Gasteiger partial charge in [-0.2, -0.15) is 0 Å². The van der Waals surface area contributed by atoms with Crippen LogP contribution in [0.4, 0.5) is 9.59 Å². The Morgan fingerprint density at radius 1 is 1.12 bits per heavy atom. The second-order valence-corrected chi connectivity index (χ2v) is 7.74. The summed E-state index contributed by atoms with van der Waals surface area (Å²) in [7, 11) is 0. The van der Waals surface area contributed by atoms with E-state index < -0.39 is 5.60 Å². The molecule has 6 nitrogen and oxygen atoms in total. The van der Waals surface area contributed by atoms with Crippen LogP contribution in [0.25, 0.3) is 0 Å². The van der Waals surface area contributed by atoms with Crippen LogP contribution in [0, 0.1) is 5.92 Å². The van der Waals surface area contributed by atoms with Gasteiger partial charge in [-0.15, -0.1) is 0 Å². The predicted molar refractivity (Wildman–Crippen MR) is 93.0 cm³/mol. The number of benzene rings is 1. The molecule has 2 fully saturated rings. The highest BCUT2D eigenvalue weighted by molar-refractivity contribution is 5.71. The van der Waals surface area contributed by atoms with Crippen molar-refractivity contribution in [3.8, 4) is 0 Å². The van der Waals surface area contributed by atoms with Crippen LogP contribution in [0.2, 0.25) is 0 Å². The molecule has 0 saturated carbocycles. The van der Waals surface area contributed by atoms with E-state index in [2.05, 4.69) is 0 Å². The van der Waals surface area contributed by atoms with Gasteiger partial charge in [0.2, 0.25) is 0 Å². The molecule has 2 heterocycles. The average Bonchev–Trinajstić information content (AvgIpc) is 2.53. The molecule has 2 saturated heterocycles. The van der Waals surface area contributed by atoms with Crippen LogP contribution in [0.3, 0.4) is 0 Å². The van der Waals surface area contributed by atoms with Crippen LogP contribution in [-0.2, 0) is 16.1 Å². The first kappa shape index (κ1) is 17.6. The molecule has 0 bridgehead atoms. The largest absolute Gasteiger partial charge is 0.445 e. The molecular weight excluding hydrogens is 320 g/mol. The lowest BCUT2D eigenvalue weighted by Gasteiger charge is -2.52. The van der Waals surface area contributed by atoms with Crippen molar-refractivity contribution in [2.75, 3.05) is 19.6 Å². The monoisotopic (exact) mass is 346 g/mol. The number of hydrogen-bond donors (Lipinski definition) is 0. The van der Waals surface area contributed by atoms with Crippen molar-refractivity contribution in [2.45, 2.75) is 45.4 Å². The van der Waals surface area contributed by atoms with E-state index in [9.17, 15) is 9.59 Å². The molecule has 2 amide bonds. The molecule has 2 aliphatic heterocycles.